The monoisotopic (exact) mass is 594 g/mol. The van der Waals surface area contributed by atoms with E-state index in [-0.39, 0.29) is 36.8 Å². The van der Waals surface area contributed by atoms with Gasteiger partial charge in [-0.1, -0.05) is 36.4 Å². The van der Waals surface area contributed by atoms with E-state index in [0.29, 0.717) is 55.3 Å². The van der Waals surface area contributed by atoms with Crippen LogP contribution in [0.5, 0.6) is 11.5 Å². The zero-order valence-corrected chi connectivity index (χ0v) is 24.5. The Bertz CT molecular complexity index is 1690. The van der Waals surface area contributed by atoms with Gasteiger partial charge in [0.15, 0.2) is 17.1 Å². The number of likely N-dealkylation sites (tertiary alicyclic amines) is 1. The van der Waals surface area contributed by atoms with Crippen LogP contribution < -0.4 is 14.8 Å². The highest BCUT2D eigenvalue weighted by Crippen LogP contribution is 2.38. The predicted molar refractivity (Wildman–Crippen MR) is 163 cm³/mol. The fraction of sp³-hybridized carbons (Fsp3) is 0.303. The second kappa shape index (κ2) is 13.0. The molecule has 11 nitrogen and oxygen atoms in total. The van der Waals surface area contributed by atoms with E-state index >= 15 is 0 Å². The number of nitrogens with zero attached hydrogens (tertiary/aromatic N) is 5. The van der Waals surface area contributed by atoms with E-state index in [1.54, 1.807) is 51.9 Å². The number of aromatic nitrogens is 3. The number of carbonyl (C=O) groups is 3. The molecule has 3 amide bonds. The van der Waals surface area contributed by atoms with Gasteiger partial charge in [0.1, 0.15) is 12.9 Å². The number of rotatable bonds is 4. The van der Waals surface area contributed by atoms with Gasteiger partial charge in [-0.3, -0.25) is 14.4 Å². The summed E-state index contributed by atoms with van der Waals surface area (Å²) in [5.41, 5.74) is 2.87. The Hall–Kier alpha value is -5.19. The number of hydrogen-bond donors (Lipinski definition) is 1. The van der Waals surface area contributed by atoms with Gasteiger partial charge in [-0.15, -0.1) is 0 Å². The van der Waals surface area contributed by atoms with Crippen molar-refractivity contribution in [3.8, 4) is 11.5 Å². The standard InChI is InChI=1S/C33H34N6O5/c1-43-28-10-9-24-18-29(28)44-17-16-37(31(40)11-8-23-6-3-2-4-7-23)14-5-13-34-32(41)27-21-38(20-26(24)27)33(42)25-12-15-39-30(19-25)35-22-36-39/h2-4,6-12,15,18-19,22,26-27H,5,13-14,16-17,20-21H2,1H3,(H,34,41)/b11-8+/t26-,27+/m1/s1. The maximum atomic E-state index is 13.6. The maximum absolute atomic E-state index is 13.6. The van der Waals surface area contributed by atoms with Crippen LogP contribution in [0, 0.1) is 5.92 Å². The lowest BCUT2D eigenvalue weighted by Crippen LogP contribution is -2.39. The average molecular weight is 595 g/mol. The largest absolute Gasteiger partial charge is 0.493 e. The number of benzene rings is 2. The molecule has 2 bridgehead atoms. The van der Waals surface area contributed by atoms with Crippen LogP contribution in [-0.4, -0.2) is 88.6 Å². The number of carbonyl (C=O) groups excluding carboxylic acids is 3. The molecule has 2 aromatic heterocycles. The second-order valence-electron chi connectivity index (χ2n) is 10.9. The smallest absolute Gasteiger partial charge is 0.254 e. The van der Waals surface area contributed by atoms with E-state index in [0.717, 1.165) is 11.1 Å². The van der Waals surface area contributed by atoms with Crippen molar-refractivity contribution in [3.63, 3.8) is 0 Å². The molecule has 4 heterocycles. The highest BCUT2D eigenvalue weighted by atomic mass is 16.5. The molecule has 6 rings (SSSR count). The average Bonchev–Trinajstić information content (AvgIpc) is 3.72. The summed E-state index contributed by atoms with van der Waals surface area (Å²) in [7, 11) is 1.57. The number of amides is 3. The Kier molecular flexibility index (Phi) is 8.53. The highest BCUT2D eigenvalue weighted by molar-refractivity contribution is 5.96. The van der Waals surface area contributed by atoms with Crippen LogP contribution in [0.2, 0.25) is 0 Å². The fourth-order valence-electron chi connectivity index (χ4n) is 5.79. The molecule has 226 valence electrons. The summed E-state index contributed by atoms with van der Waals surface area (Å²) >= 11 is 0. The predicted octanol–water partition coefficient (Wildman–Crippen LogP) is 3.03. The first-order valence-electron chi connectivity index (χ1n) is 14.7. The molecule has 0 saturated carbocycles. The third-order valence-corrected chi connectivity index (χ3v) is 8.14. The maximum Gasteiger partial charge on any atom is 0.254 e. The van der Waals surface area contributed by atoms with Crippen molar-refractivity contribution in [3.05, 3.63) is 96.0 Å². The summed E-state index contributed by atoms with van der Waals surface area (Å²) in [5.74, 6) is -0.0656. The molecule has 1 fully saturated rings. The highest BCUT2D eigenvalue weighted by Gasteiger charge is 2.41. The third-order valence-electron chi connectivity index (χ3n) is 8.14. The lowest BCUT2D eigenvalue weighted by Gasteiger charge is -2.24. The molecule has 0 spiro atoms. The molecule has 44 heavy (non-hydrogen) atoms. The Morgan fingerprint density at radius 1 is 1.02 bits per heavy atom. The van der Waals surface area contributed by atoms with Crippen molar-refractivity contribution in [2.45, 2.75) is 12.3 Å². The Labute approximate surface area is 255 Å². The Morgan fingerprint density at radius 3 is 2.70 bits per heavy atom. The van der Waals surface area contributed by atoms with E-state index in [2.05, 4.69) is 15.4 Å². The van der Waals surface area contributed by atoms with Gasteiger partial charge in [0, 0.05) is 49.9 Å². The minimum absolute atomic E-state index is 0.129. The summed E-state index contributed by atoms with van der Waals surface area (Å²) in [6.07, 6.45) is 7.07. The van der Waals surface area contributed by atoms with Crippen molar-refractivity contribution in [2.24, 2.45) is 5.92 Å². The Morgan fingerprint density at radius 2 is 1.86 bits per heavy atom. The lowest BCUT2D eigenvalue weighted by molar-refractivity contribution is -0.126. The number of methoxy groups -OCH3 is 1. The molecule has 2 aromatic carbocycles. The van der Waals surface area contributed by atoms with Crippen LogP contribution in [-0.2, 0) is 9.59 Å². The van der Waals surface area contributed by atoms with E-state index < -0.39 is 5.92 Å². The van der Waals surface area contributed by atoms with Crippen LogP contribution >= 0.6 is 0 Å². The molecule has 11 heteroatoms. The van der Waals surface area contributed by atoms with Gasteiger partial charge in [0.05, 0.1) is 19.6 Å². The summed E-state index contributed by atoms with van der Waals surface area (Å²) in [6.45, 7) is 2.12. The van der Waals surface area contributed by atoms with E-state index in [1.165, 1.54) is 6.33 Å². The van der Waals surface area contributed by atoms with Crippen LogP contribution in [0.15, 0.2) is 79.3 Å². The molecular weight excluding hydrogens is 560 g/mol. The van der Waals surface area contributed by atoms with Gasteiger partial charge in [0.25, 0.3) is 5.91 Å². The molecule has 0 aliphatic carbocycles. The van der Waals surface area contributed by atoms with E-state index in [9.17, 15) is 14.4 Å². The van der Waals surface area contributed by atoms with Gasteiger partial charge < -0.3 is 24.6 Å². The first kappa shape index (κ1) is 28.9. The summed E-state index contributed by atoms with van der Waals surface area (Å²) in [6, 6.07) is 18.7. The van der Waals surface area contributed by atoms with Gasteiger partial charge in [-0.2, -0.15) is 5.10 Å². The minimum Gasteiger partial charge on any atom is -0.493 e. The topological polar surface area (TPSA) is 118 Å². The molecule has 0 unspecified atom stereocenters. The van der Waals surface area contributed by atoms with Crippen molar-refractivity contribution >= 4 is 29.4 Å². The molecule has 0 radical (unpaired) electrons. The van der Waals surface area contributed by atoms with Gasteiger partial charge >= 0.3 is 0 Å². The van der Waals surface area contributed by atoms with E-state index in [4.69, 9.17) is 9.47 Å². The first-order valence-corrected chi connectivity index (χ1v) is 14.7. The Balaban J connectivity index is 1.23. The number of hydrogen-bond acceptors (Lipinski definition) is 7. The number of nitrogens with one attached hydrogen (secondary N) is 1. The molecular formula is C33H34N6O5. The number of ether oxygens (including phenoxy) is 2. The summed E-state index contributed by atoms with van der Waals surface area (Å²) in [4.78, 5) is 47.9. The lowest BCUT2D eigenvalue weighted by atomic mass is 9.88. The van der Waals surface area contributed by atoms with Crippen molar-refractivity contribution < 1.29 is 23.9 Å². The van der Waals surface area contributed by atoms with Crippen LogP contribution in [0.1, 0.15) is 33.8 Å². The molecule has 2 atom stereocenters. The molecule has 1 N–H and O–H groups in total. The number of pyridine rings is 1. The fourth-order valence-corrected chi connectivity index (χ4v) is 5.79. The van der Waals surface area contributed by atoms with Crippen LogP contribution in [0.4, 0.5) is 0 Å². The van der Waals surface area contributed by atoms with E-state index in [1.807, 2.05) is 48.5 Å². The van der Waals surface area contributed by atoms with Gasteiger partial charge in [-0.25, -0.2) is 9.50 Å². The summed E-state index contributed by atoms with van der Waals surface area (Å²) in [5, 5.41) is 7.16. The van der Waals surface area contributed by atoms with Gasteiger partial charge in [0.2, 0.25) is 11.8 Å². The third kappa shape index (κ3) is 6.26. The van der Waals surface area contributed by atoms with Gasteiger partial charge in [-0.05, 0) is 47.9 Å². The molecule has 2 aliphatic rings. The SMILES string of the molecule is COc1ccc2cc1OCCN(C(=O)/C=C/c1ccccc1)CCCNC(=O)[C@H]1CN(C(=O)c3ccn4ncnc4c3)C[C@H]21. The summed E-state index contributed by atoms with van der Waals surface area (Å²) < 4.78 is 13.3. The van der Waals surface area contributed by atoms with Crippen molar-refractivity contribution in [1.29, 1.82) is 0 Å². The van der Waals surface area contributed by atoms with Crippen molar-refractivity contribution in [1.82, 2.24) is 29.7 Å². The quantitative estimate of drug-likeness (QED) is 0.361. The molecule has 2 aliphatic heterocycles. The normalized spacial score (nSPS) is 19.2. The first-order chi connectivity index (χ1) is 21.5. The zero-order chi connectivity index (χ0) is 30.5. The van der Waals surface area contributed by atoms with Crippen LogP contribution in [0.25, 0.3) is 11.7 Å². The molecule has 4 aromatic rings. The second-order valence-corrected chi connectivity index (χ2v) is 10.9. The minimum atomic E-state index is -0.466. The zero-order valence-electron chi connectivity index (χ0n) is 24.5. The number of fused-ring (bicyclic) bond motifs is 5. The van der Waals surface area contributed by atoms with Crippen molar-refractivity contribution in [2.75, 3.05) is 46.4 Å². The van der Waals surface area contributed by atoms with Crippen LogP contribution in [0.3, 0.4) is 0 Å². The molecule has 1 saturated heterocycles.